The molecule has 0 bridgehead atoms. The number of rotatable bonds is 8. The average molecular weight is 441 g/mol. The van der Waals surface area contributed by atoms with Gasteiger partial charge in [-0.2, -0.15) is 13.2 Å². The molecule has 8 nitrogen and oxygen atoms in total. The molecule has 1 unspecified atom stereocenters. The molecule has 0 aromatic heterocycles. The Kier molecular flexibility index (Phi) is 6.58. The number of benzene rings is 2. The molecule has 0 spiro atoms. The molecular formula is C20H18F3NO7. The average Bonchev–Trinajstić information content (AvgIpc) is 2.70. The number of carbonyl (C=O) groups is 2. The molecule has 0 aliphatic rings. The molecule has 0 radical (unpaired) electrons. The Balaban J connectivity index is 2.79. The lowest BCUT2D eigenvalue weighted by molar-refractivity contribution is -0.385. The molecular weight excluding hydrogens is 423 g/mol. The molecule has 2 aromatic rings. The molecule has 31 heavy (non-hydrogen) atoms. The Morgan fingerprint density at radius 3 is 2.06 bits per heavy atom. The van der Waals surface area contributed by atoms with Gasteiger partial charge in [0.25, 0.3) is 5.69 Å². The number of aliphatic carboxylic acids is 2. The number of ether oxygens (including phenoxy) is 1. The summed E-state index contributed by atoms with van der Waals surface area (Å²) >= 11 is 0. The van der Waals surface area contributed by atoms with Crippen molar-refractivity contribution in [2.75, 3.05) is 7.11 Å². The number of hydrogen-bond donors (Lipinski definition) is 2. The number of nitro benzene ring substituents is 1. The van der Waals surface area contributed by atoms with Crippen LogP contribution >= 0.6 is 0 Å². The first kappa shape index (κ1) is 23.6. The van der Waals surface area contributed by atoms with Gasteiger partial charge < -0.3 is 14.9 Å². The smallest absolute Gasteiger partial charge is 0.416 e. The number of hydrogen-bond acceptors (Lipinski definition) is 5. The van der Waals surface area contributed by atoms with E-state index < -0.39 is 57.6 Å². The maximum atomic E-state index is 13.3. The largest absolute Gasteiger partial charge is 0.497 e. The van der Waals surface area contributed by atoms with Crippen molar-refractivity contribution in [3.63, 3.8) is 0 Å². The zero-order valence-corrected chi connectivity index (χ0v) is 16.3. The van der Waals surface area contributed by atoms with Gasteiger partial charge in [-0.1, -0.05) is 12.1 Å². The summed E-state index contributed by atoms with van der Waals surface area (Å²) in [5.74, 6) is -4.42. The van der Waals surface area contributed by atoms with E-state index in [-0.39, 0.29) is 5.56 Å². The van der Waals surface area contributed by atoms with Gasteiger partial charge in [-0.05, 0) is 43.2 Å². The van der Waals surface area contributed by atoms with Crippen molar-refractivity contribution in [1.29, 1.82) is 0 Å². The first-order valence-electron chi connectivity index (χ1n) is 8.77. The molecule has 2 N–H and O–H groups in total. The lowest BCUT2D eigenvalue weighted by Crippen LogP contribution is -2.38. The second kappa shape index (κ2) is 8.62. The van der Waals surface area contributed by atoms with Gasteiger partial charge in [0.05, 0.1) is 17.6 Å². The van der Waals surface area contributed by atoms with Crippen molar-refractivity contribution in [1.82, 2.24) is 0 Å². The molecule has 0 saturated heterocycles. The number of carboxylic acids is 2. The van der Waals surface area contributed by atoms with Gasteiger partial charge in [0.15, 0.2) is 5.41 Å². The molecule has 0 heterocycles. The molecule has 0 aliphatic heterocycles. The van der Waals surface area contributed by atoms with Crippen LogP contribution in [-0.4, -0.2) is 34.2 Å². The van der Waals surface area contributed by atoms with Crippen LogP contribution in [0.15, 0.2) is 42.5 Å². The summed E-state index contributed by atoms with van der Waals surface area (Å²) in [7, 11) is 1.37. The normalized spacial score (nSPS) is 12.8. The van der Waals surface area contributed by atoms with E-state index in [1.54, 1.807) is 0 Å². The summed E-state index contributed by atoms with van der Waals surface area (Å²) < 4.78 is 44.9. The molecule has 0 aliphatic carbocycles. The Bertz CT molecular complexity index is 989. The zero-order chi connectivity index (χ0) is 23.6. The number of nitro groups is 1. The summed E-state index contributed by atoms with van der Waals surface area (Å²) in [5.41, 5.74) is -4.55. The molecule has 1 atom stereocenters. The minimum absolute atomic E-state index is 0.192. The molecule has 0 saturated carbocycles. The first-order chi connectivity index (χ1) is 14.3. The molecule has 0 amide bonds. The summed E-state index contributed by atoms with van der Waals surface area (Å²) in [6.07, 6.45) is -5.55. The van der Waals surface area contributed by atoms with Crippen LogP contribution in [0.4, 0.5) is 18.9 Å². The van der Waals surface area contributed by atoms with Crippen LogP contribution in [0.3, 0.4) is 0 Å². The maximum absolute atomic E-state index is 13.3. The quantitative estimate of drug-likeness (QED) is 0.355. The highest BCUT2D eigenvalue weighted by Gasteiger charge is 2.45. The SMILES string of the molecule is COc1ccc(C(CC(C)(C(=O)O)C(=O)O)c2cc(C(F)(F)F)ccc2[N+](=O)[O-])cc1. The van der Waals surface area contributed by atoms with E-state index in [1.807, 2.05) is 0 Å². The van der Waals surface area contributed by atoms with Gasteiger partial charge in [-0.15, -0.1) is 0 Å². The minimum atomic E-state index is -4.82. The third-order valence-electron chi connectivity index (χ3n) is 5.00. The topological polar surface area (TPSA) is 127 Å². The van der Waals surface area contributed by atoms with Gasteiger partial charge in [0, 0.05) is 17.5 Å². The van der Waals surface area contributed by atoms with Crippen molar-refractivity contribution >= 4 is 17.6 Å². The summed E-state index contributed by atoms with van der Waals surface area (Å²) in [6.45, 7) is 0.896. The van der Waals surface area contributed by atoms with E-state index in [1.165, 1.54) is 31.4 Å². The van der Waals surface area contributed by atoms with Gasteiger partial charge in [-0.25, -0.2) is 0 Å². The Hall–Kier alpha value is -3.63. The number of halogens is 3. The van der Waals surface area contributed by atoms with E-state index in [9.17, 15) is 43.1 Å². The van der Waals surface area contributed by atoms with Crippen molar-refractivity contribution < 1.29 is 42.6 Å². The summed E-state index contributed by atoms with van der Waals surface area (Å²) in [4.78, 5) is 34.0. The van der Waals surface area contributed by atoms with Crippen molar-refractivity contribution in [3.8, 4) is 5.75 Å². The number of alkyl halides is 3. The molecule has 0 fully saturated rings. The highest BCUT2D eigenvalue weighted by atomic mass is 19.4. The highest BCUT2D eigenvalue weighted by molar-refractivity contribution is 5.97. The van der Waals surface area contributed by atoms with E-state index in [0.29, 0.717) is 23.9 Å². The van der Waals surface area contributed by atoms with Crippen LogP contribution in [0, 0.1) is 15.5 Å². The monoisotopic (exact) mass is 441 g/mol. The second-order valence-corrected chi connectivity index (χ2v) is 7.00. The lowest BCUT2D eigenvalue weighted by atomic mass is 9.75. The van der Waals surface area contributed by atoms with Crippen molar-refractivity contribution in [2.45, 2.75) is 25.4 Å². The van der Waals surface area contributed by atoms with Crippen LogP contribution in [-0.2, 0) is 15.8 Å². The zero-order valence-electron chi connectivity index (χ0n) is 16.3. The van der Waals surface area contributed by atoms with Crippen molar-refractivity contribution in [2.24, 2.45) is 5.41 Å². The minimum Gasteiger partial charge on any atom is -0.497 e. The third-order valence-corrected chi connectivity index (χ3v) is 5.00. The Morgan fingerprint density at radius 1 is 1.10 bits per heavy atom. The maximum Gasteiger partial charge on any atom is 0.416 e. The van der Waals surface area contributed by atoms with E-state index in [4.69, 9.17) is 4.74 Å². The van der Waals surface area contributed by atoms with E-state index in [0.717, 1.165) is 6.92 Å². The van der Waals surface area contributed by atoms with Crippen LogP contribution in [0.2, 0.25) is 0 Å². The standard InChI is InChI=1S/C20H18F3NO7/c1-19(17(25)26,18(27)28)10-15(11-3-6-13(31-2)7-4-11)14-9-12(20(21,22)23)5-8-16(14)24(29)30/h3-9,15H,10H2,1-2H3,(H,25,26)(H,27,28). The Labute approximate surface area is 174 Å². The Morgan fingerprint density at radius 2 is 1.65 bits per heavy atom. The fraction of sp³-hybridized carbons (Fsp3) is 0.300. The van der Waals surface area contributed by atoms with Crippen LogP contribution in [0.25, 0.3) is 0 Å². The summed E-state index contributed by atoms with van der Waals surface area (Å²) in [6, 6.07) is 7.40. The van der Waals surface area contributed by atoms with Gasteiger partial charge >= 0.3 is 18.1 Å². The first-order valence-corrected chi connectivity index (χ1v) is 8.77. The molecule has 2 aromatic carbocycles. The van der Waals surface area contributed by atoms with E-state index in [2.05, 4.69) is 0 Å². The second-order valence-electron chi connectivity index (χ2n) is 7.00. The van der Waals surface area contributed by atoms with Gasteiger partial charge in [0.1, 0.15) is 5.75 Å². The fourth-order valence-corrected chi connectivity index (χ4v) is 3.09. The van der Waals surface area contributed by atoms with Gasteiger partial charge in [-0.3, -0.25) is 19.7 Å². The lowest BCUT2D eigenvalue weighted by Gasteiger charge is -2.27. The molecule has 2 rings (SSSR count). The molecule has 11 heteroatoms. The van der Waals surface area contributed by atoms with Gasteiger partial charge in [0.2, 0.25) is 0 Å². The summed E-state index contributed by atoms with van der Waals surface area (Å²) in [5, 5.41) is 30.5. The van der Waals surface area contributed by atoms with Crippen LogP contribution in [0.1, 0.15) is 36.0 Å². The number of carboxylic acid groups (broad SMARTS) is 2. The van der Waals surface area contributed by atoms with Crippen LogP contribution in [0.5, 0.6) is 5.75 Å². The fourth-order valence-electron chi connectivity index (χ4n) is 3.09. The third kappa shape index (κ3) is 4.93. The highest BCUT2D eigenvalue weighted by Crippen LogP contribution is 2.43. The predicted molar refractivity (Wildman–Crippen MR) is 101 cm³/mol. The van der Waals surface area contributed by atoms with Crippen molar-refractivity contribution in [3.05, 3.63) is 69.3 Å². The molecule has 166 valence electrons. The number of nitrogens with zero attached hydrogens (tertiary/aromatic N) is 1. The number of methoxy groups -OCH3 is 1. The van der Waals surface area contributed by atoms with Crippen LogP contribution < -0.4 is 4.74 Å². The predicted octanol–water partition coefficient (Wildman–Crippen LogP) is 4.32. The van der Waals surface area contributed by atoms with E-state index >= 15 is 0 Å².